The minimum absolute atomic E-state index is 0.508. The highest BCUT2D eigenvalue weighted by Gasteiger charge is 2.14. The zero-order valence-corrected chi connectivity index (χ0v) is 28.5. The molecule has 6 nitrogen and oxygen atoms in total. The number of nitriles is 2. The predicted octanol–water partition coefficient (Wildman–Crippen LogP) is 10.9. The van der Waals surface area contributed by atoms with Crippen molar-refractivity contribution in [1.82, 2.24) is 15.0 Å². The molecule has 1 aromatic heterocycles. The van der Waals surface area contributed by atoms with Gasteiger partial charge < -0.3 is 5.73 Å². The SMILES string of the molecule is N#Cc1cc(-c2ccccc2)cc(-c2ccc(-c3nc(-c4ccc(-c5cc(C#N)cc(-c6ccccc6)c5)cc4)nc(-c4cccc(N)c4)n3)cc2)c1. The van der Waals surface area contributed by atoms with E-state index in [-0.39, 0.29) is 0 Å². The van der Waals surface area contributed by atoms with E-state index >= 15 is 0 Å². The lowest BCUT2D eigenvalue weighted by atomic mass is 9.96. The largest absolute Gasteiger partial charge is 0.399 e. The average molecular weight is 679 g/mol. The summed E-state index contributed by atoms with van der Waals surface area (Å²) >= 11 is 0. The fraction of sp³-hybridized carbons (Fsp3) is 0. The van der Waals surface area contributed by atoms with Gasteiger partial charge in [-0.25, -0.2) is 15.0 Å². The molecule has 0 saturated heterocycles. The first kappa shape index (κ1) is 32.5. The lowest BCUT2D eigenvalue weighted by Crippen LogP contribution is -2.00. The molecular formula is C47H30N6. The van der Waals surface area contributed by atoms with Crippen molar-refractivity contribution < 1.29 is 0 Å². The van der Waals surface area contributed by atoms with Gasteiger partial charge in [0, 0.05) is 22.4 Å². The Kier molecular flexibility index (Phi) is 8.77. The molecule has 0 spiro atoms. The van der Waals surface area contributed by atoms with Crippen LogP contribution >= 0.6 is 0 Å². The Bertz CT molecular complexity index is 2510. The van der Waals surface area contributed by atoms with Crippen molar-refractivity contribution in [1.29, 1.82) is 10.5 Å². The molecule has 0 unspecified atom stereocenters. The summed E-state index contributed by atoms with van der Waals surface area (Å²) in [4.78, 5) is 14.7. The van der Waals surface area contributed by atoms with E-state index in [0.717, 1.165) is 61.2 Å². The van der Waals surface area contributed by atoms with E-state index in [2.05, 4.69) is 24.3 Å². The zero-order chi connectivity index (χ0) is 36.1. The number of benzene rings is 7. The van der Waals surface area contributed by atoms with Crippen molar-refractivity contribution in [2.24, 2.45) is 0 Å². The fourth-order valence-electron chi connectivity index (χ4n) is 6.38. The molecule has 0 bridgehead atoms. The van der Waals surface area contributed by atoms with E-state index < -0.39 is 0 Å². The minimum atomic E-state index is 0.508. The van der Waals surface area contributed by atoms with E-state index in [1.807, 2.05) is 158 Å². The van der Waals surface area contributed by atoms with Crippen LogP contribution in [0, 0.1) is 22.7 Å². The molecule has 0 aliphatic rings. The van der Waals surface area contributed by atoms with E-state index in [4.69, 9.17) is 20.7 Å². The second-order valence-corrected chi connectivity index (χ2v) is 12.6. The number of aromatic nitrogens is 3. The Morgan fingerprint density at radius 3 is 1.04 bits per heavy atom. The molecule has 0 amide bonds. The maximum atomic E-state index is 9.79. The first-order valence-electron chi connectivity index (χ1n) is 17.1. The first-order valence-corrected chi connectivity index (χ1v) is 17.1. The van der Waals surface area contributed by atoms with Crippen LogP contribution in [0.3, 0.4) is 0 Å². The molecule has 248 valence electrons. The normalized spacial score (nSPS) is 10.7. The van der Waals surface area contributed by atoms with Gasteiger partial charge in [0.25, 0.3) is 0 Å². The lowest BCUT2D eigenvalue weighted by Gasteiger charge is -2.11. The highest BCUT2D eigenvalue weighted by Crippen LogP contribution is 2.33. The molecular weight excluding hydrogens is 649 g/mol. The molecule has 8 aromatic rings. The number of nitrogens with two attached hydrogens (primary N) is 1. The van der Waals surface area contributed by atoms with Gasteiger partial charge >= 0.3 is 0 Å². The van der Waals surface area contributed by atoms with Gasteiger partial charge in [-0.05, 0) is 93.0 Å². The summed E-state index contributed by atoms with van der Waals surface area (Å²) in [6.07, 6.45) is 0. The van der Waals surface area contributed by atoms with Gasteiger partial charge in [-0.3, -0.25) is 0 Å². The quantitative estimate of drug-likeness (QED) is 0.168. The fourth-order valence-corrected chi connectivity index (χ4v) is 6.38. The summed E-state index contributed by atoms with van der Waals surface area (Å²) in [5.74, 6) is 1.55. The summed E-state index contributed by atoms with van der Waals surface area (Å²) in [5, 5.41) is 19.6. The summed E-state index contributed by atoms with van der Waals surface area (Å²) in [5.41, 5.74) is 18.3. The minimum Gasteiger partial charge on any atom is -0.399 e. The summed E-state index contributed by atoms with van der Waals surface area (Å²) in [7, 11) is 0. The van der Waals surface area contributed by atoms with E-state index in [1.165, 1.54) is 0 Å². The Labute approximate surface area is 307 Å². The maximum absolute atomic E-state index is 9.79. The second kappa shape index (κ2) is 14.3. The molecule has 7 aromatic carbocycles. The zero-order valence-electron chi connectivity index (χ0n) is 28.5. The van der Waals surface area contributed by atoms with Crippen molar-refractivity contribution >= 4 is 5.69 Å². The van der Waals surface area contributed by atoms with Crippen molar-refractivity contribution in [3.63, 3.8) is 0 Å². The molecule has 0 radical (unpaired) electrons. The van der Waals surface area contributed by atoms with Crippen LogP contribution < -0.4 is 5.73 Å². The van der Waals surface area contributed by atoms with Crippen molar-refractivity contribution in [2.45, 2.75) is 0 Å². The van der Waals surface area contributed by atoms with Gasteiger partial charge in [-0.2, -0.15) is 10.5 Å². The highest BCUT2D eigenvalue weighted by atomic mass is 15.0. The smallest absolute Gasteiger partial charge is 0.164 e. The van der Waals surface area contributed by atoms with Gasteiger partial charge in [-0.1, -0.05) is 121 Å². The van der Waals surface area contributed by atoms with E-state index in [9.17, 15) is 10.5 Å². The van der Waals surface area contributed by atoms with Crippen LogP contribution in [-0.4, -0.2) is 15.0 Å². The van der Waals surface area contributed by atoms with Crippen molar-refractivity contribution in [2.75, 3.05) is 5.73 Å². The van der Waals surface area contributed by atoms with E-state index in [0.29, 0.717) is 34.3 Å². The Morgan fingerprint density at radius 1 is 0.321 bits per heavy atom. The number of hydrogen-bond donors (Lipinski definition) is 1. The molecule has 0 saturated carbocycles. The van der Waals surface area contributed by atoms with Gasteiger partial charge in [0.15, 0.2) is 17.5 Å². The number of anilines is 1. The standard InChI is InChI=1S/C47H30N6/c48-29-31-22-40(33-8-3-1-4-9-33)26-42(24-31)35-14-18-37(19-15-35)45-51-46(53-47(52-45)39-12-7-13-44(50)28-39)38-20-16-36(17-21-38)43-25-32(30-49)23-41(27-43)34-10-5-2-6-11-34/h1-28H,50H2. The molecule has 1 heterocycles. The second-order valence-electron chi connectivity index (χ2n) is 12.6. The Balaban J connectivity index is 1.16. The molecule has 0 aliphatic carbocycles. The average Bonchev–Trinajstić information content (AvgIpc) is 3.24. The van der Waals surface area contributed by atoms with Crippen LogP contribution in [0.5, 0.6) is 0 Å². The molecule has 2 N–H and O–H groups in total. The van der Waals surface area contributed by atoms with E-state index in [1.54, 1.807) is 0 Å². The van der Waals surface area contributed by atoms with Gasteiger partial charge in [0.1, 0.15) is 0 Å². The summed E-state index contributed by atoms with van der Waals surface area (Å²) in [6.45, 7) is 0. The number of nitrogens with zero attached hydrogens (tertiary/aromatic N) is 5. The molecule has 53 heavy (non-hydrogen) atoms. The third-order valence-corrected chi connectivity index (χ3v) is 9.07. The van der Waals surface area contributed by atoms with Crippen LogP contribution in [-0.2, 0) is 0 Å². The van der Waals surface area contributed by atoms with Crippen LogP contribution in [0.2, 0.25) is 0 Å². The van der Waals surface area contributed by atoms with Gasteiger partial charge in [0.05, 0.1) is 23.3 Å². The van der Waals surface area contributed by atoms with Gasteiger partial charge in [-0.15, -0.1) is 0 Å². The van der Waals surface area contributed by atoms with Gasteiger partial charge in [0.2, 0.25) is 0 Å². The third kappa shape index (κ3) is 7.03. The molecule has 6 heteroatoms. The molecule has 0 aliphatic heterocycles. The Morgan fingerprint density at radius 2 is 0.660 bits per heavy atom. The predicted molar refractivity (Wildman–Crippen MR) is 212 cm³/mol. The molecule has 0 atom stereocenters. The monoisotopic (exact) mass is 678 g/mol. The molecule has 8 rings (SSSR count). The number of nitrogen functional groups attached to an aromatic ring is 1. The number of rotatable bonds is 7. The summed E-state index contributed by atoms with van der Waals surface area (Å²) < 4.78 is 0. The van der Waals surface area contributed by atoms with Crippen molar-refractivity contribution in [3.05, 3.63) is 181 Å². The Hall–Kier alpha value is -7.67. The molecule has 0 fully saturated rings. The van der Waals surface area contributed by atoms with Crippen molar-refractivity contribution in [3.8, 4) is 90.8 Å². The maximum Gasteiger partial charge on any atom is 0.164 e. The number of hydrogen-bond acceptors (Lipinski definition) is 6. The van der Waals surface area contributed by atoms with Crippen LogP contribution in [0.25, 0.3) is 78.7 Å². The summed E-state index contributed by atoms with van der Waals surface area (Å²) in [6, 6.07) is 60.2. The lowest BCUT2D eigenvalue weighted by molar-refractivity contribution is 1.07. The van der Waals surface area contributed by atoms with Crippen LogP contribution in [0.4, 0.5) is 5.69 Å². The topological polar surface area (TPSA) is 112 Å². The third-order valence-electron chi connectivity index (χ3n) is 9.07. The van der Waals surface area contributed by atoms with Crippen LogP contribution in [0.15, 0.2) is 170 Å². The highest BCUT2D eigenvalue weighted by molar-refractivity contribution is 5.79. The first-order chi connectivity index (χ1) is 26.0. The van der Waals surface area contributed by atoms with Crippen LogP contribution in [0.1, 0.15) is 11.1 Å².